The largest absolute Gasteiger partial charge is 0.350 e. The summed E-state index contributed by atoms with van der Waals surface area (Å²) in [4.78, 5) is 12.0. The Kier molecular flexibility index (Phi) is 5.27. The lowest BCUT2D eigenvalue weighted by atomic mass is 10.0. The monoisotopic (exact) mass is 329 g/mol. The molecule has 4 nitrogen and oxygen atoms in total. The molecule has 1 aliphatic carbocycles. The van der Waals surface area contributed by atoms with E-state index in [1.165, 1.54) is 25.0 Å². The van der Waals surface area contributed by atoms with Crippen LogP contribution in [-0.4, -0.2) is 14.3 Å². The van der Waals surface area contributed by atoms with Crippen LogP contribution in [0.5, 0.6) is 0 Å². The van der Waals surface area contributed by atoms with Gasteiger partial charge in [0.2, 0.25) is 5.91 Å². The van der Waals surface area contributed by atoms with Gasteiger partial charge in [0.05, 0.1) is 10.9 Å². The summed E-state index contributed by atoms with van der Waals surface area (Å²) in [5, 5.41) is 2.96. The molecule has 0 radical (unpaired) electrons. The third kappa shape index (κ3) is 4.71. The summed E-state index contributed by atoms with van der Waals surface area (Å²) in [5.41, 5.74) is 0.860. The number of carbonyl (C=O) groups excluding carboxylic acids is 1. The summed E-state index contributed by atoms with van der Waals surface area (Å²) in [7, 11) is 1.57. The molecule has 0 heterocycles. The zero-order chi connectivity index (χ0) is 15.5. The molecule has 1 aliphatic rings. The first-order valence-corrected chi connectivity index (χ1v) is 9.51. The van der Waals surface area contributed by atoms with Gasteiger partial charge in [0, 0.05) is 17.1 Å². The molecule has 6 heteroatoms. The minimum atomic E-state index is -3.70. The van der Waals surface area contributed by atoms with E-state index in [2.05, 4.69) is 5.32 Å². The van der Waals surface area contributed by atoms with E-state index >= 15 is 0 Å². The fraction of sp³-hybridized carbons (Fsp3) is 0.533. The number of rotatable bonds is 5. The van der Waals surface area contributed by atoms with E-state index in [0.717, 1.165) is 18.4 Å². The normalized spacial score (nSPS) is 17.6. The number of hydrogen-bond donors (Lipinski definition) is 1. The zero-order valence-corrected chi connectivity index (χ0v) is 13.6. The van der Waals surface area contributed by atoms with Crippen LogP contribution in [0.4, 0.5) is 0 Å². The number of nitrogens with one attached hydrogen (secondary N) is 1. The minimum Gasteiger partial charge on any atom is -0.350 e. The van der Waals surface area contributed by atoms with Crippen LogP contribution in [0.15, 0.2) is 29.2 Å². The van der Waals surface area contributed by atoms with Gasteiger partial charge in [-0.1, -0.05) is 25.0 Å². The van der Waals surface area contributed by atoms with Crippen LogP contribution in [-0.2, 0) is 13.8 Å². The van der Waals surface area contributed by atoms with Gasteiger partial charge in [0.25, 0.3) is 9.05 Å². The molecule has 1 aromatic carbocycles. The van der Waals surface area contributed by atoms with Crippen LogP contribution in [0, 0.1) is 5.92 Å². The van der Waals surface area contributed by atoms with Crippen molar-refractivity contribution in [3.63, 3.8) is 0 Å². The van der Waals surface area contributed by atoms with Gasteiger partial charge in [0.1, 0.15) is 0 Å². The van der Waals surface area contributed by atoms with E-state index in [1.54, 1.807) is 12.1 Å². The van der Waals surface area contributed by atoms with E-state index in [9.17, 15) is 13.2 Å². The molecule has 116 valence electrons. The van der Waals surface area contributed by atoms with Crippen LogP contribution in [0.25, 0.3) is 0 Å². The van der Waals surface area contributed by atoms with Crippen molar-refractivity contribution in [3.8, 4) is 0 Å². The molecule has 1 atom stereocenters. The lowest BCUT2D eigenvalue weighted by molar-refractivity contribution is -0.122. The Bertz CT molecular complexity index is 592. The van der Waals surface area contributed by atoms with Crippen LogP contribution in [0.3, 0.4) is 0 Å². The topological polar surface area (TPSA) is 63.2 Å². The molecule has 0 bridgehead atoms. The predicted molar refractivity (Wildman–Crippen MR) is 82.6 cm³/mol. The van der Waals surface area contributed by atoms with Crippen molar-refractivity contribution in [3.05, 3.63) is 29.8 Å². The Morgan fingerprint density at radius 3 is 2.38 bits per heavy atom. The van der Waals surface area contributed by atoms with Gasteiger partial charge >= 0.3 is 0 Å². The highest BCUT2D eigenvalue weighted by Gasteiger charge is 2.19. The summed E-state index contributed by atoms with van der Waals surface area (Å²) < 4.78 is 22.4. The molecule has 0 aromatic heterocycles. The molecule has 1 N–H and O–H groups in total. The predicted octanol–water partition coefficient (Wildman–Crippen LogP) is 3.37. The third-order valence-corrected chi connectivity index (χ3v) is 5.36. The van der Waals surface area contributed by atoms with Gasteiger partial charge in [-0.15, -0.1) is 0 Å². The smallest absolute Gasteiger partial charge is 0.261 e. The quantitative estimate of drug-likeness (QED) is 0.842. The molecule has 1 fully saturated rings. The standard InChI is InChI=1S/C15H20ClNO3S/c1-11(17-15(18)10-12-4-2-3-5-12)13-6-8-14(9-7-13)21(16,19)20/h6-9,11-12H,2-5,10H2,1H3,(H,17,18). The van der Waals surface area contributed by atoms with Crippen molar-refractivity contribution < 1.29 is 13.2 Å². The fourth-order valence-corrected chi connectivity index (χ4v) is 3.55. The molecular formula is C15H20ClNO3S. The van der Waals surface area contributed by atoms with Gasteiger partial charge in [-0.2, -0.15) is 0 Å². The first-order chi connectivity index (χ1) is 9.86. The van der Waals surface area contributed by atoms with Crippen molar-refractivity contribution in [2.45, 2.75) is 50.0 Å². The molecule has 2 rings (SSSR count). The zero-order valence-electron chi connectivity index (χ0n) is 12.0. The van der Waals surface area contributed by atoms with Crippen LogP contribution >= 0.6 is 10.7 Å². The first-order valence-electron chi connectivity index (χ1n) is 7.20. The highest BCUT2D eigenvalue weighted by Crippen LogP contribution is 2.27. The maximum atomic E-state index is 12.0. The van der Waals surface area contributed by atoms with Crippen molar-refractivity contribution in [1.29, 1.82) is 0 Å². The lowest BCUT2D eigenvalue weighted by Crippen LogP contribution is -2.27. The summed E-state index contributed by atoms with van der Waals surface area (Å²) in [6, 6.07) is 6.12. The molecule has 0 spiro atoms. The Balaban J connectivity index is 1.93. The Morgan fingerprint density at radius 1 is 1.29 bits per heavy atom. The van der Waals surface area contributed by atoms with Gasteiger partial charge < -0.3 is 5.32 Å². The van der Waals surface area contributed by atoms with Crippen molar-refractivity contribution in [1.82, 2.24) is 5.32 Å². The molecule has 0 aliphatic heterocycles. The Morgan fingerprint density at radius 2 is 1.86 bits per heavy atom. The van der Waals surface area contributed by atoms with E-state index in [0.29, 0.717) is 12.3 Å². The molecule has 1 amide bonds. The van der Waals surface area contributed by atoms with Crippen LogP contribution in [0.2, 0.25) is 0 Å². The van der Waals surface area contributed by atoms with Crippen molar-refractivity contribution in [2.75, 3.05) is 0 Å². The van der Waals surface area contributed by atoms with Gasteiger partial charge in [0.15, 0.2) is 0 Å². The summed E-state index contributed by atoms with van der Waals surface area (Å²) in [5.74, 6) is 0.574. The summed E-state index contributed by atoms with van der Waals surface area (Å²) in [6.45, 7) is 1.89. The average Bonchev–Trinajstić information content (AvgIpc) is 2.90. The number of carbonyl (C=O) groups is 1. The Hall–Kier alpha value is -1.07. The van der Waals surface area contributed by atoms with Gasteiger partial charge in [-0.3, -0.25) is 4.79 Å². The molecule has 0 saturated heterocycles. The second-order valence-corrected chi connectivity index (χ2v) is 8.22. The molecular weight excluding hydrogens is 310 g/mol. The highest BCUT2D eigenvalue weighted by atomic mass is 35.7. The van der Waals surface area contributed by atoms with E-state index in [1.807, 2.05) is 6.92 Å². The first kappa shape index (κ1) is 16.3. The highest BCUT2D eigenvalue weighted by molar-refractivity contribution is 8.13. The lowest BCUT2D eigenvalue weighted by Gasteiger charge is -2.16. The summed E-state index contributed by atoms with van der Waals surface area (Å²) in [6.07, 6.45) is 5.32. The molecule has 1 saturated carbocycles. The van der Waals surface area contributed by atoms with Crippen LogP contribution in [0.1, 0.15) is 50.6 Å². The number of benzene rings is 1. The van der Waals surface area contributed by atoms with Crippen molar-refractivity contribution in [2.24, 2.45) is 5.92 Å². The fourth-order valence-electron chi connectivity index (χ4n) is 2.78. The number of halogens is 1. The van der Waals surface area contributed by atoms with E-state index in [4.69, 9.17) is 10.7 Å². The second-order valence-electron chi connectivity index (χ2n) is 5.65. The summed E-state index contributed by atoms with van der Waals surface area (Å²) >= 11 is 0. The SMILES string of the molecule is CC(NC(=O)CC1CCCC1)c1ccc(S(=O)(=O)Cl)cc1. The van der Waals surface area contributed by atoms with Crippen LogP contribution < -0.4 is 5.32 Å². The maximum Gasteiger partial charge on any atom is 0.261 e. The van der Waals surface area contributed by atoms with Gasteiger partial charge in [-0.25, -0.2) is 8.42 Å². The molecule has 21 heavy (non-hydrogen) atoms. The molecule has 1 aromatic rings. The van der Waals surface area contributed by atoms with E-state index < -0.39 is 9.05 Å². The third-order valence-electron chi connectivity index (χ3n) is 3.99. The van der Waals surface area contributed by atoms with Gasteiger partial charge in [-0.05, 0) is 43.4 Å². The minimum absolute atomic E-state index is 0.0587. The Labute approximate surface area is 130 Å². The number of hydrogen-bond acceptors (Lipinski definition) is 3. The number of amides is 1. The second kappa shape index (κ2) is 6.79. The van der Waals surface area contributed by atoms with Crippen molar-refractivity contribution >= 4 is 25.6 Å². The average molecular weight is 330 g/mol. The maximum absolute atomic E-state index is 12.0. The van der Waals surface area contributed by atoms with E-state index in [-0.39, 0.29) is 16.8 Å². The molecule has 1 unspecified atom stereocenters.